The molecule has 0 saturated carbocycles. The van der Waals surface area contributed by atoms with Crippen molar-refractivity contribution in [2.24, 2.45) is 5.92 Å². The first-order valence-electron chi connectivity index (χ1n) is 5.97. The number of nitrogens with zero attached hydrogens (tertiary/aromatic N) is 1. The molecule has 0 aliphatic rings. The highest BCUT2D eigenvalue weighted by Crippen LogP contribution is 2.31. The van der Waals surface area contributed by atoms with Gasteiger partial charge < -0.3 is 9.55 Å². The quantitative estimate of drug-likeness (QED) is 0.813. The standard InChI is InChI=1S/C13H18N2S2/c1-4-10-8-14-13(16)15(10)12(9(2)3)11-6-5-7-17-11/h5-9,12H,4H2,1-3H3,(H,14,16). The molecule has 1 atom stereocenters. The Morgan fingerprint density at radius 3 is 2.76 bits per heavy atom. The van der Waals surface area contributed by atoms with Crippen LogP contribution in [-0.2, 0) is 6.42 Å². The van der Waals surface area contributed by atoms with Gasteiger partial charge in [-0.1, -0.05) is 26.8 Å². The third-order valence-corrected chi connectivity index (χ3v) is 4.25. The van der Waals surface area contributed by atoms with Crippen LogP contribution >= 0.6 is 23.6 Å². The van der Waals surface area contributed by atoms with Crippen molar-refractivity contribution in [2.45, 2.75) is 33.2 Å². The number of hydrogen-bond acceptors (Lipinski definition) is 2. The summed E-state index contributed by atoms with van der Waals surface area (Å²) >= 11 is 7.23. The van der Waals surface area contributed by atoms with E-state index in [-0.39, 0.29) is 0 Å². The summed E-state index contributed by atoms with van der Waals surface area (Å²) in [6.07, 6.45) is 3.03. The van der Waals surface area contributed by atoms with E-state index >= 15 is 0 Å². The molecular formula is C13H18N2S2. The summed E-state index contributed by atoms with van der Waals surface area (Å²) in [4.78, 5) is 4.55. The van der Waals surface area contributed by atoms with Gasteiger partial charge in [-0.2, -0.15) is 0 Å². The summed E-state index contributed by atoms with van der Waals surface area (Å²) in [5.41, 5.74) is 1.28. The summed E-state index contributed by atoms with van der Waals surface area (Å²) in [6.45, 7) is 6.66. The van der Waals surface area contributed by atoms with E-state index in [1.165, 1.54) is 10.6 Å². The van der Waals surface area contributed by atoms with Crippen LogP contribution in [0.2, 0.25) is 0 Å². The normalized spacial score (nSPS) is 13.2. The van der Waals surface area contributed by atoms with Crippen molar-refractivity contribution in [2.75, 3.05) is 0 Å². The number of nitrogens with one attached hydrogen (secondary N) is 1. The summed E-state index contributed by atoms with van der Waals surface area (Å²) in [7, 11) is 0. The molecule has 0 spiro atoms. The second-order valence-corrected chi connectivity index (χ2v) is 5.88. The van der Waals surface area contributed by atoms with E-state index < -0.39 is 0 Å². The zero-order valence-electron chi connectivity index (χ0n) is 10.4. The molecule has 2 heterocycles. The lowest BCUT2D eigenvalue weighted by molar-refractivity contribution is 0.429. The maximum absolute atomic E-state index is 5.42. The summed E-state index contributed by atoms with van der Waals surface area (Å²) in [5, 5.41) is 2.13. The van der Waals surface area contributed by atoms with Gasteiger partial charge in [0.15, 0.2) is 4.77 Å². The Bertz CT molecular complexity index is 520. The topological polar surface area (TPSA) is 20.7 Å². The molecule has 17 heavy (non-hydrogen) atoms. The van der Waals surface area contributed by atoms with Gasteiger partial charge >= 0.3 is 0 Å². The highest BCUT2D eigenvalue weighted by Gasteiger charge is 2.21. The Hall–Kier alpha value is -0.870. The molecule has 2 rings (SSSR count). The molecular weight excluding hydrogens is 248 g/mol. The van der Waals surface area contributed by atoms with Gasteiger partial charge in [0.25, 0.3) is 0 Å². The van der Waals surface area contributed by atoms with Crippen LogP contribution in [0.25, 0.3) is 0 Å². The smallest absolute Gasteiger partial charge is 0.177 e. The van der Waals surface area contributed by atoms with Crippen LogP contribution < -0.4 is 0 Å². The van der Waals surface area contributed by atoms with Gasteiger partial charge in [-0.15, -0.1) is 11.3 Å². The number of aromatic nitrogens is 2. The second-order valence-electron chi connectivity index (χ2n) is 4.51. The lowest BCUT2D eigenvalue weighted by Crippen LogP contribution is -2.17. The SMILES string of the molecule is CCc1c[nH]c(=S)n1C(c1cccs1)C(C)C. The predicted octanol–water partition coefficient (Wildman–Crippen LogP) is 4.41. The van der Waals surface area contributed by atoms with Crippen molar-refractivity contribution in [3.05, 3.63) is 39.1 Å². The third kappa shape index (κ3) is 2.38. The Morgan fingerprint density at radius 2 is 2.24 bits per heavy atom. The summed E-state index contributed by atoms with van der Waals surface area (Å²) in [6, 6.07) is 4.66. The van der Waals surface area contributed by atoms with Gasteiger partial charge in [0.2, 0.25) is 0 Å². The average Bonchev–Trinajstić information content (AvgIpc) is 2.90. The summed E-state index contributed by atoms with van der Waals surface area (Å²) < 4.78 is 3.10. The monoisotopic (exact) mass is 266 g/mol. The molecule has 0 radical (unpaired) electrons. The van der Waals surface area contributed by atoms with Crippen LogP contribution in [0.3, 0.4) is 0 Å². The van der Waals surface area contributed by atoms with Gasteiger partial charge in [-0.05, 0) is 36.0 Å². The number of thiophene rings is 1. The third-order valence-electron chi connectivity index (χ3n) is 3.00. The molecule has 2 aromatic heterocycles. The highest BCUT2D eigenvalue weighted by molar-refractivity contribution is 7.71. The van der Waals surface area contributed by atoms with Crippen LogP contribution in [0.4, 0.5) is 0 Å². The van der Waals surface area contributed by atoms with Gasteiger partial charge in [0, 0.05) is 16.8 Å². The molecule has 0 saturated heterocycles. The Morgan fingerprint density at radius 1 is 1.47 bits per heavy atom. The van der Waals surface area contributed by atoms with Gasteiger partial charge in [-0.25, -0.2) is 0 Å². The van der Waals surface area contributed by atoms with Crippen LogP contribution in [-0.4, -0.2) is 9.55 Å². The van der Waals surface area contributed by atoms with Crippen molar-refractivity contribution in [3.63, 3.8) is 0 Å². The van der Waals surface area contributed by atoms with Crippen LogP contribution in [0.1, 0.15) is 37.4 Å². The molecule has 0 fully saturated rings. The first-order valence-corrected chi connectivity index (χ1v) is 7.26. The Balaban J connectivity index is 2.54. The molecule has 1 N–H and O–H groups in total. The highest BCUT2D eigenvalue weighted by atomic mass is 32.1. The molecule has 0 aromatic carbocycles. The first-order chi connectivity index (χ1) is 8.15. The van der Waals surface area contributed by atoms with E-state index in [2.05, 4.69) is 47.8 Å². The molecule has 1 unspecified atom stereocenters. The molecule has 92 valence electrons. The fourth-order valence-corrected chi connectivity index (χ4v) is 3.48. The molecule has 0 aliphatic heterocycles. The van der Waals surface area contributed by atoms with Crippen molar-refractivity contribution < 1.29 is 0 Å². The van der Waals surface area contributed by atoms with Crippen LogP contribution in [0.15, 0.2) is 23.7 Å². The number of H-pyrrole nitrogens is 1. The fraction of sp³-hybridized carbons (Fsp3) is 0.462. The van der Waals surface area contributed by atoms with Crippen LogP contribution in [0.5, 0.6) is 0 Å². The Labute approximate surface area is 111 Å². The van der Waals surface area contributed by atoms with Gasteiger partial charge in [-0.3, -0.25) is 0 Å². The molecule has 4 heteroatoms. The van der Waals surface area contributed by atoms with Gasteiger partial charge in [0.1, 0.15) is 0 Å². The predicted molar refractivity (Wildman–Crippen MR) is 76.3 cm³/mol. The number of aromatic amines is 1. The lowest BCUT2D eigenvalue weighted by atomic mass is 10.0. The minimum absolute atomic E-state index is 0.351. The van der Waals surface area contributed by atoms with Crippen molar-refractivity contribution in [1.29, 1.82) is 0 Å². The second kappa shape index (κ2) is 5.19. The lowest BCUT2D eigenvalue weighted by Gasteiger charge is -2.23. The fourth-order valence-electron chi connectivity index (χ4n) is 2.21. The average molecular weight is 266 g/mol. The van der Waals surface area contributed by atoms with Crippen LogP contribution in [0, 0.1) is 10.7 Å². The number of aryl methyl sites for hydroxylation is 1. The molecule has 0 aliphatic carbocycles. The van der Waals surface area contributed by atoms with E-state index in [1.807, 2.05) is 6.20 Å². The molecule has 0 amide bonds. The molecule has 2 nitrogen and oxygen atoms in total. The largest absolute Gasteiger partial charge is 0.337 e. The van der Waals surface area contributed by atoms with E-state index in [0.717, 1.165) is 11.2 Å². The zero-order chi connectivity index (χ0) is 12.4. The van der Waals surface area contributed by atoms with E-state index in [0.29, 0.717) is 12.0 Å². The van der Waals surface area contributed by atoms with Gasteiger partial charge in [0.05, 0.1) is 6.04 Å². The maximum atomic E-state index is 5.42. The number of imidazole rings is 1. The first kappa shape index (κ1) is 12.6. The maximum Gasteiger partial charge on any atom is 0.177 e. The van der Waals surface area contributed by atoms with Crippen molar-refractivity contribution in [1.82, 2.24) is 9.55 Å². The van der Waals surface area contributed by atoms with Crippen molar-refractivity contribution in [3.8, 4) is 0 Å². The molecule has 2 aromatic rings. The van der Waals surface area contributed by atoms with E-state index in [4.69, 9.17) is 12.2 Å². The minimum atomic E-state index is 0.351. The minimum Gasteiger partial charge on any atom is -0.337 e. The number of hydrogen-bond donors (Lipinski definition) is 1. The zero-order valence-corrected chi connectivity index (χ0v) is 12.1. The van der Waals surface area contributed by atoms with Crippen molar-refractivity contribution >= 4 is 23.6 Å². The summed E-state index contributed by atoms with van der Waals surface area (Å²) in [5.74, 6) is 0.529. The van der Waals surface area contributed by atoms with E-state index in [9.17, 15) is 0 Å². The van der Waals surface area contributed by atoms with E-state index in [1.54, 1.807) is 11.3 Å². The Kier molecular flexibility index (Phi) is 3.84. The number of rotatable bonds is 4. The molecule has 0 bridgehead atoms.